The number of amides is 1. The van der Waals surface area contributed by atoms with Crippen LogP contribution in [0.3, 0.4) is 0 Å². The van der Waals surface area contributed by atoms with Gasteiger partial charge in [-0.3, -0.25) is 14.4 Å². The number of aromatic hydroxyl groups is 1. The van der Waals surface area contributed by atoms with E-state index in [-0.39, 0.29) is 6.54 Å². The van der Waals surface area contributed by atoms with Crippen LogP contribution in [0.1, 0.15) is 32.7 Å². The van der Waals surface area contributed by atoms with Gasteiger partial charge in [0.2, 0.25) is 0 Å². The standard InChI is InChI=1S/C18H15F3N2O5S/c19-18(20,21)10-3-1-9(2-4-10)6-23-12-8-29-7-11(12)15(26)14(17(23)28)16(27)22-5-13(24)25/h1-4,26H,5-8H2,(H,22,27)(H,24,25). The fourth-order valence-electron chi connectivity index (χ4n) is 2.97. The summed E-state index contributed by atoms with van der Waals surface area (Å²) in [7, 11) is 0. The first-order chi connectivity index (χ1) is 13.6. The van der Waals surface area contributed by atoms with Gasteiger partial charge in [0.25, 0.3) is 11.5 Å². The third kappa shape index (κ3) is 4.24. The number of nitrogens with one attached hydrogen (secondary N) is 1. The van der Waals surface area contributed by atoms with Crippen molar-refractivity contribution < 1.29 is 33.0 Å². The Balaban J connectivity index is 2.02. The number of halogens is 3. The summed E-state index contributed by atoms with van der Waals surface area (Å²) in [6.07, 6.45) is -4.48. The van der Waals surface area contributed by atoms with Crippen LogP contribution in [0.4, 0.5) is 13.2 Å². The summed E-state index contributed by atoms with van der Waals surface area (Å²) in [6, 6.07) is 4.27. The van der Waals surface area contributed by atoms with Gasteiger partial charge in [-0.15, -0.1) is 0 Å². The number of hydrogen-bond donors (Lipinski definition) is 3. The fourth-order valence-corrected chi connectivity index (χ4v) is 4.11. The molecule has 0 saturated heterocycles. The summed E-state index contributed by atoms with van der Waals surface area (Å²) in [5.74, 6) is -2.12. The van der Waals surface area contributed by atoms with Crippen LogP contribution in [0, 0.1) is 0 Å². The van der Waals surface area contributed by atoms with E-state index in [0.29, 0.717) is 28.3 Å². The number of carbonyl (C=O) groups excluding carboxylic acids is 1. The SMILES string of the molecule is O=C(O)CNC(=O)c1c(O)c2c(n(Cc3ccc(C(F)(F)F)cc3)c1=O)CSC2. The number of carbonyl (C=O) groups is 2. The summed E-state index contributed by atoms with van der Waals surface area (Å²) in [4.78, 5) is 35.8. The number of nitrogens with zero attached hydrogens (tertiary/aromatic N) is 1. The van der Waals surface area contributed by atoms with Crippen molar-refractivity contribution in [3.63, 3.8) is 0 Å². The number of pyridine rings is 1. The molecule has 1 amide bonds. The summed E-state index contributed by atoms with van der Waals surface area (Å²) in [5.41, 5.74) is -0.990. The van der Waals surface area contributed by atoms with Crippen molar-refractivity contribution in [3.05, 3.63) is 62.6 Å². The molecule has 0 saturated carbocycles. The number of fused-ring (bicyclic) bond motifs is 1. The molecule has 0 atom stereocenters. The van der Waals surface area contributed by atoms with Crippen molar-refractivity contribution in [3.8, 4) is 5.75 Å². The van der Waals surface area contributed by atoms with Gasteiger partial charge >= 0.3 is 12.1 Å². The highest BCUT2D eigenvalue weighted by molar-refractivity contribution is 7.98. The van der Waals surface area contributed by atoms with Crippen LogP contribution >= 0.6 is 11.8 Å². The Morgan fingerprint density at radius 1 is 1.17 bits per heavy atom. The van der Waals surface area contributed by atoms with E-state index in [9.17, 15) is 32.7 Å². The van der Waals surface area contributed by atoms with Gasteiger partial charge in [-0.1, -0.05) is 12.1 Å². The Hall–Kier alpha value is -2.95. The van der Waals surface area contributed by atoms with E-state index in [0.717, 1.165) is 12.1 Å². The smallest absolute Gasteiger partial charge is 0.416 e. The van der Waals surface area contributed by atoms with Gasteiger partial charge in [0.1, 0.15) is 17.9 Å². The Labute approximate surface area is 166 Å². The second kappa shape index (κ2) is 7.82. The fraction of sp³-hybridized carbons (Fsp3) is 0.278. The van der Waals surface area contributed by atoms with Gasteiger partial charge in [0.05, 0.1) is 12.1 Å². The van der Waals surface area contributed by atoms with Gasteiger partial charge < -0.3 is 20.1 Å². The normalized spacial score (nSPS) is 13.2. The van der Waals surface area contributed by atoms with Crippen LogP contribution < -0.4 is 10.9 Å². The summed E-state index contributed by atoms with van der Waals surface area (Å²) >= 11 is 1.40. The Morgan fingerprint density at radius 2 is 1.83 bits per heavy atom. The first-order valence-corrected chi connectivity index (χ1v) is 9.46. The second-order valence-corrected chi connectivity index (χ2v) is 7.29. The van der Waals surface area contributed by atoms with E-state index in [1.165, 1.54) is 28.5 Å². The van der Waals surface area contributed by atoms with E-state index in [2.05, 4.69) is 0 Å². The number of carboxylic acid groups (broad SMARTS) is 1. The number of benzene rings is 1. The quantitative estimate of drug-likeness (QED) is 0.674. The van der Waals surface area contributed by atoms with Crippen molar-refractivity contribution >= 4 is 23.6 Å². The molecule has 0 spiro atoms. The van der Waals surface area contributed by atoms with Crippen molar-refractivity contribution in [1.29, 1.82) is 0 Å². The molecule has 11 heteroatoms. The topological polar surface area (TPSA) is 109 Å². The van der Waals surface area contributed by atoms with Crippen LogP contribution in [0.25, 0.3) is 0 Å². The van der Waals surface area contributed by atoms with Gasteiger partial charge in [-0.05, 0) is 17.7 Å². The number of rotatable bonds is 5. The van der Waals surface area contributed by atoms with Crippen LogP contribution in [-0.4, -0.2) is 33.2 Å². The predicted molar refractivity (Wildman–Crippen MR) is 97.9 cm³/mol. The molecule has 2 heterocycles. The maximum Gasteiger partial charge on any atom is 0.416 e. The number of alkyl halides is 3. The molecule has 3 rings (SSSR count). The van der Waals surface area contributed by atoms with Crippen molar-refractivity contribution in [2.45, 2.75) is 24.2 Å². The minimum Gasteiger partial charge on any atom is -0.507 e. The number of hydrogen-bond acceptors (Lipinski definition) is 5. The molecule has 7 nitrogen and oxygen atoms in total. The van der Waals surface area contributed by atoms with Gasteiger partial charge in [0.15, 0.2) is 0 Å². The maximum absolute atomic E-state index is 12.9. The Bertz CT molecular complexity index is 1030. The van der Waals surface area contributed by atoms with Crippen molar-refractivity contribution in [2.24, 2.45) is 0 Å². The van der Waals surface area contributed by atoms with Crippen LogP contribution in [-0.2, 0) is 29.0 Å². The number of aromatic nitrogens is 1. The first kappa shape index (κ1) is 20.8. The summed E-state index contributed by atoms with van der Waals surface area (Å²) in [6.45, 7) is -0.832. The summed E-state index contributed by atoms with van der Waals surface area (Å²) < 4.78 is 39.4. The monoisotopic (exact) mass is 428 g/mol. The molecular formula is C18H15F3N2O5S. The lowest BCUT2D eigenvalue weighted by atomic mass is 10.1. The predicted octanol–water partition coefficient (Wildman–Crippen LogP) is 2.18. The summed E-state index contributed by atoms with van der Waals surface area (Å²) in [5, 5.41) is 21.1. The molecule has 1 aromatic heterocycles. The maximum atomic E-state index is 12.9. The third-order valence-corrected chi connectivity index (χ3v) is 5.36. The largest absolute Gasteiger partial charge is 0.507 e. The molecule has 1 aromatic carbocycles. The number of aliphatic carboxylic acids is 1. The molecule has 0 fully saturated rings. The molecule has 3 N–H and O–H groups in total. The lowest BCUT2D eigenvalue weighted by Gasteiger charge is -2.16. The molecular weight excluding hydrogens is 413 g/mol. The van der Waals surface area contributed by atoms with Crippen LogP contribution in [0.5, 0.6) is 5.75 Å². The number of thioether (sulfide) groups is 1. The third-order valence-electron chi connectivity index (χ3n) is 4.39. The molecule has 2 aromatic rings. The zero-order valence-electron chi connectivity index (χ0n) is 14.7. The lowest BCUT2D eigenvalue weighted by Crippen LogP contribution is -2.37. The van der Waals surface area contributed by atoms with Gasteiger partial charge in [-0.25, -0.2) is 0 Å². The minimum absolute atomic E-state index is 0.0979. The highest BCUT2D eigenvalue weighted by Crippen LogP contribution is 2.36. The number of carboxylic acids is 1. The van der Waals surface area contributed by atoms with Crippen LogP contribution in [0.2, 0.25) is 0 Å². The molecule has 0 bridgehead atoms. The van der Waals surface area contributed by atoms with Gasteiger partial charge in [0, 0.05) is 22.8 Å². The lowest BCUT2D eigenvalue weighted by molar-refractivity contribution is -0.138. The van der Waals surface area contributed by atoms with E-state index >= 15 is 0 Å². The van der Waals surface area contributed by atoms with Crippen molar-refractivity contribution in [2.75, 3.05) is 6.54 Å². The molecule has 0 radical (unpaired) electrons. The highest BCUT2D eigenvalue weighted by atomic mass is 32.2. The average molecular weight is 428 g/mol. The highest BCUT2D eigenvalue weighted by Gasteiger charge is 2.31. The molecule has 1 aliphatic rings. The van der Waals surface area contributed by atoms with E-state index < -0.39 is 47.0 Å². The molecule has 154 valence electrons. The van der Waals surface area contributed by atoms with Crippen molar-refractivity contribution in [1.82, 2.24) is 9.88 Å². The zero-order chi connectivity index (χ0) is 21.3. The minimum atomic E-state index is -4.48. The molecule has 0 unspecified atom stereocenters. The average Bonchev–Trinajstić information content (AvgIpc) is 3.13. The zero-order valence-corrected chi connectivity index (χ0v) is 15.6. The van der Waals surface area contributed by atoms with Gasteiger partial charge in [-0.2, -0.15) is 24.9 Å². The first-order valence-electron chi connectivity index (χ1n) is 8.31. The Kier molecular flexibility index (Phi) is 5.60. The molecule has 29 heavy (non-hydrogen) atoms. The molecule has 0 aliphatic carbocycles. The Morgan fingerprint density at radius 3 is 2.41 bits per heavy atom. The van der Waals surface area contributed by atoms with E-state index in [1.54, 1.807) is 0 Å². The van der Waals surface area contributed by atoms with Crippen LogP contribution in [0.15, 0.2) is 29.1 Å². The van der Waals surface area contributed by atoms with E-state index in [1.807, 2.05) is 5.32 Å². The molecule has 1 aliphatic heterocycles. The van der Waals surface area contributed by atoms with E-state index in [4.69, 9.17) is 5.11 Å². The second-order valence-electron chi connectivity index (χ2n) is 6.30.